The second-order valence-corrected chi connectivity index (χ2v) is 9.30. The van der Waals surface area contributed by atoms with Gasteiger partial charge in [0.25, 0.3) is 5.91 Å². The molecule has 3 atom stereocenters. The minimum absolute atomic E-state index is 0.0252. The Morgan fingerprint density at radius 1 is 1.17 bits per heavy atom. The van der Waals surface area contributed by atoms with Crippen LogP contribution in [0.1, 0.15) is 41.3 Å². The van der Waals surface area contributed by atoms with Crippen molar-refractivity contribution in [2.45, 2.75) is 38.2 Å². The molecule has 3 aliphatic carbocycles. The highest BCUT2D eigenvalue weighted by Crippen LogP contribution is 2.52. The molecule has 2 aromatic rings. The Bertz CT molecular complexity index is 1390. The number of pyridine rings is 1. The molecule has 3 aliphatic rings. The minimum Gasteiger partial charge on any atom is -0.511 e. The van der Waals surface area contributed by atoms with Crippen LogP contribution >= 0.6 is 0 Å². The van der Waals surface area contributed by atoms with Crippen LogP contribution in [-0.2, 0) is 22.4 Å². The predicted octanol–water partition coefficient (Wildman–Crippen LogP) is 2.20. The van der Waals surface area contributed by atoms with Gasteiger partial charge in [0.15, 0.2) is 11.4 Å². The molecule has 1 aromatic heterocycles. The van der Waals surface area contributed by atoms with Crippen LogP contribution in [0.3, 0.4) is 0 Å². The average molecular weight is 476 g/mol. The number of nitrogens with zero attached hydrogens (tertiary/aromatic N) is 1. The number of rotatable bonds is 3. The van der Waals surface area contributed by atoms with Crippen LogP contribution in [0, 0.1) is 11.8 Å². The van der Waals surface area contributed by atoms with Gasteiger partial charge in [0.1, 0.15) is 22.8 Å². The first-order valence-electron chi connectivity index (χ1n) is 11.4. The molecule has 6 N–H and O–H groups in total. The number of phenolic OH excluding ortho intramolecular Hbond substituents is 1. The number of primary amides is 1. The van der Waals surface area contributed by atoms with Crippen molar-refractivity contribution in [1.29, 1.82) is 0 Å². The molecule has 180 valence electrons. The Morgan fingerprint density at radius 2 is 1.91 bits per heavy atom. The van der Waals surface area contributed by atoms with Gasteiger partial charge in [-0.15, -0.1) is 0 Å². The molecule has 9 heteroatoms. The molecule has 1 heterocycles. The summed E-state index contributed by atoms with van der Waals surface area (Å²) in [6.45, 7) is 2.01. The number of fused-ring (bicyclic) bond motifs is 3. The van der Waals surface area contributed by atoms with E-state index in [9.17, 15) is 34.8 Å². The molecule has 1 amide bonds. The average Bonchev–Trinajstić information content (AvgIpc) is 2.81. The second-order valence-electron chi connectivity index (χ2n) is 9.30. The first-order valence-corrected chi connectivity index (χ1v) is 11.4. The van der Waals surface area contributed by atoms with Crippen molar-refractivity contribution in [3.63, 3.8) is 0 Å². The number of hydrogen-bond donors (Lipinski definition) is 5. The number of Topliss-reactive ketones (excluding diaryl/α,β-unsaturated/α-hetero) is 2. The number of carbonyl (C=O) groups excluding carboxylic acids is 3. The topological polar surface area (TPSA) is 171 Å². The van der Waals surface area contributed by atoms with Crippen molar-refractivity contribution in [3.05, 3.63) is 69.8 Å². The fourth-order valence-corrected chi connectivity index (χ4v) is 5.70. The number of carbonyl (C=O) groups is 3. The molecule has 0 saturated carbocycles. The lowest BCUT2D eigenvalue weighted by Gasteiger charge is -2.45. The largest absolute Gasteiger partial charge is 0.511 e. The predicted molar refractivity (Wildman–Crippen MR) is 123 cm³/mol. The van der Waals surface area contributed by atoms with Gasteiger partial charge in [-0.05, 0) is 60.6 Å². The Hall–Kier alpha value is -3.98. The van der Waals surface area contributed by atoms with E-state index in [0.29, 0.717) is 16.8 Å². The lowest BCUT2D eigenvalue weighted by molar-refractivity contribution is -0.144. The van der Waals surface area contributed by atoms with Crippen LogP contribution in [0.4, 0.5) is 0 Å². The highest BCUT2D eigenvalue weighted by molar-refractivity contribution is 6.24. The Kier molecular flexibility index (Phi) is 5.06. The summed E-state index contributed by atoms with van der Waals surface area (Å²) >= 11 is 0. The Morgan fingerprint density at radius 3 is 2.60 bits per heavy atom. The summed E-state index contributed by atoms with van der Waals surface area (Å²) < 4.78 is 0. The first kappa shape index (κ1) is 22.8. The van der Waals surface area contributed by atoms with E-state index in [1.807, 2.05) is 19.1 Å². The van der Waals surface area contributed by atoms with Gasteiger partial charge >= 0.3 is 0 Å². The number of nitrogens with two attached hydrogens (primary N) is 1. The van der Waals surface area contributed by atoms with Crippen LogP contribution in [0.15, 0.2) is 53.1 Å². The molecule has 0 fully saturated rings. The summed E-state index contributed by atoms with van der Waals surface area (Å²) in [7, 11) is 0. The molecule has 35 heavy (non-hydrogen) atoms. The molecule has 0 radical (unpaired) electrons. The number of aromatic nitrogens is 1. The van der Waals surface area contributed by atoms with Crippen molar-refractivity contribution in [2.24, 2.45) is 17.6 Å². The number of ketones is 2. The maximum absolute atomic E-state index is 13.6. The molecular weight excluding hydrogens is 452 g/mol. The summed E-state index contributed by atoms with van der Waals surface area (Å²) in [5.41, 5.74) is 4.56. The van der Waals surface area contributed by atoms with E-state index in [4.69, 9.17) is 5.73 Å². The van der Waals surface area contributed by atoms with Gasteiger partial charge in [0.2, 0.25) is 5.78 Å². The summed E-state index contributed by atoms with van der Waals surface area (Å²) in [6.07, 6.45) is 2.52. The highest BCUT2D eigenvalue weighted by Gasteiger charge is 2.59. The van der Waals surface area contributed by atoms with Gasteiger partial charge in [0, 0.05) is 29.7 Å². The number of aliphatic hydroxyl groups excluding tert-OH is 2. The lowest BCUT2D eigenvalue weighted by Crippen LogP contribution is -2.57. The van der Waals surface area contributed by atoms with Crippen molar-refractivity contribution >= 4 is 17.5 Å². The number of hydrogen-bond acceptors (Lipinski definition) is 8. The Labute approximate surface area is 200 Å². The summed E-state index contributed by atoms with van der Waals surface area (Å²) in [5, 5.41) is 43.3. The molecule has 9 nitrogen and oxygen atoms in total. The third-order valence-corrected chi connectivity index (χ3v) is 7.45. The third kappa shape index (κ3) is 3.11. The Balaban J connectivity index is 1.68. The zero-order chi connectivity index (χ0) is 25.2. The van der Waals surface area contributed by atoms with Gasteiger partial charge in [-0.1, -0.05) is 6.92 Å². The minimum atomic E-state index is -2.57. The van der Waals surface area contributed by atoms with Gasteiger partial charge in [-0.2, -0.15) is 0 Å². The normalized spacial score (nSPS) is 25.8. The van der Waals surface area contributed by atoms with E-state index in [0.717, 1.165) is 12.0 Å². The van der Waals surface area contributed by atoms with Crippen LogP contribution in [0.2, 0.25) is 0 Å². The molecule has 0 unspecified atom stereocenters. The number of phenols is 1. The lowest BCUT2D eigenvalue weighted by atomic mass is 9.60. The highest BCUT2D eigenvalue weighted by atomic mass is 16.3. The quantitative estimate of drug-likeness (QED) is 0.420. The van der Waals surface area contributed by atoms with Crippen LogP contribution in [0.5, 0.6) is 5.75 Å². The van der Waals surface area contributed by atoms with Gasteiger partial charge in [-0.3, -0.25) is 19.4 Å². The number of aliphatic hydroxyl groups is 3. The SMILES string of the molecule is CCc1ccnc(-c2ccc(O)c3c2C[C@H]2C[C@H]4CC(O)=C(C(N)=O)C(=O)[C@@]4(O)C(O)=C2C3=O)c1. The van der Waals surface area contributed by atoms with E-state index in [-0.39, 0.29) is 36.1 Å². The summed E-state index contributed by atoms with van der Waals surface area (Å²) in [6, 6.07) is 6.87. The number of aryl methyl sites for hydroxylation is 1. The van der Waals surface area contributed by atoms with E-state index in [1.165, 1.54) is 6.07 Å². The zero-order valence-electron chi connectivity index (χ0n) is 18.9. The molecule has 0 bridgehead atoms. The summed E-state index contributed by atoms with van der Waals surface area (Å²) in [5.74, 6) is -6.44. The molecule has 0 aliphatic heterocycles. The van der Waals surface area contributed by atoms with Crippen molar-refractivity contribution in [3.8, 4) is 17.0 Å². The standard InChI is InChI=1S/C26H24N2O7/c1-2-11-5-6-28-16(7-11)14-3-4-17(29)20-15(14)9-12-8-13-10-18(30)21(25(27)34)24(33)26(13,35)23(32)19(12)22(20)31/h3-7,12-13,29-30,32,35H,2,8-10H2,1H3,(H2,27,34)/t12-,13+,26+/m1/s1. The van der Waals surface area contributed by atoms with E-state index in [1.54, 1.807) is 12.3 Å². The molecule has 0 saturated heterocycles. The first-order chi connectivity index (χ1) is 16.6. The molecule has 1 aromatic carbocycles. The number of amides is 1. The molecule has 0 spiro atoms. The smallest absolute Gasteiger partial charge is 0.255 e. The third-order valence-electron chi connectivity index (χ3n) is 7.45. The van der Waals surface area contributed by atoms with E-state index >= 15 is 0 Å². The second kappa shape index (κ2) is 7.78. The molecule has 5 rings (SSSR count). The fourth-order valence-electron chi connectivity index (χ4n) is 5.70. The van der Waals surface area contributed by atoms with E-state index in [2.05, 4.69) is 4.98 Å². The number of aromatic hydroxyl groups is 1. The maximum Gasteiger partial charge on any atom is 0.255 e. The van der Waals surface area contributed by atoms with Crippen molar-refractivity contribution < 1.29 is 34.8 Å². The van der Waals surface area contributed by atoms with Crippen LogP contribution in [-0.4, -0.2) is 48.5 Å². The van der Waals surface area contributed by atoms with Gasteiger partial charge in [-0.25, -0.2) is 0 Å². The monoisotopic (exact) mass is 476 g/mol. The van der Waals surface area contributed by atoms with E-state index < -0.39 is 52.0 Å². The summed E-state index contributed by atoms with van der Waals surface area (Å²) in [4.78, 5) is 42.8. The van der Waals surface area contributed by atoms with Crippen molar-refractivity contribution in [1.82, 2.24) is 4.98 Å². The fraction of sp³-hybridized carbons (Fsp3) is 0.308. The number of benzene rings is 1. The zero-order valence-corrected chi connectivity index (χ0v) is 18.9. The van der Waals surface area contributed by atoms with Gasteiger partial charge in [0.05, 0.1) is 11.3 Å². The van der Waals surface area contributed by atoms with Crippen molar-refractivity contribution in [2.75, 3.05) is 0 Å². The van der Waals surface area contributed by atoms with Crippen LogP contribution in [0.25, 0.3) is 11.3 Å². The molecular formula is C26H24N2O7. The van der Waals surface area contributed by atoms with Gasteiger partial charge < -0.3 is 26.2 Å². The van der Waals surface area contributed by atoms with Crippen LogP contribution < -0.4 is 5.73 Å². The number of allylic oxidation sites excluding steroid dienone is 2. The maximum atomic E-state index is 13.6.